The van der Waals surface area contributed by atoms with Gasteiger partial charge in [0.15, 0.2) is 11.5 Å². The van der Waals surface area contributed by atoms with E-state index in [-0.39, 0.29) is 5.69 Å². The highest BCUT2D eigenvalue weighted by atomic mass is 79.9. The zero-order chi connectivity index (χ0) is 15.6. The summed E-state index contributed by atoms with van der Waals surface area (Å²) in [7, 11) is 4.49. The first-order chi connectivity index (χ1) is 10.0. The highest BCUT2D eigenvalue weighted by Crippen LogP contribution is 2.48. The standard InChI is InChI=1S/C13H13BrN2O5/c1-19-9-4-6(14)10(12(21-3)11(9)20-2)7-5-8(13(17)18)16-15-7/h4-5H,1-3H3,(H,15,16)(H,17,18). The van der Waals surface area contributed by atoms with E-state index in [0.29, 0.717) is 33.0 Å². The maximum Gasteiger partial charge on any atom is 0.353 e. The molecule has 0 atom stereocenters. The van der Waals surface area contributed by atoms with E-state index in [0.717, 1.165) is 0 Å². The molecule has 0 spiro atoms. The number of carbonyl (C=O) groups is 1. The van der Waals surface area contributed by atoms with E-state index < -0.39 is 5.97 Å². The number of nitrogens with one attached hydrogen (secondary N) is 1. The van der Waals surface area contributed by atoms with Crippen LogP contribution in [0.5, 0.6) is 17.2 Å². The minimum atomic E-state index is -1.09. The molecule has 7 nitrogen and oxygen atoms in total. The number of benzene rings is 1. The predicted octanol–water partition coefficient (Wildman–Crippen LogP) is 2.56. The molecule has 0 saturated carbocycles. The number of halogens is 1. The Bertz CT molecular complexity index is 683. The lowest BCUT2D eigenvalue weighted by atomic mass is 10.1. The summed E-state index contributed by atoms with van der Waals surface area (Å²) in [5.74, 6) is 0.188. The van der Waals surface area contributed by atoms with Crippen LogP contribution in [0.25, 0.3) is 11.3 Å². The van der Waals surface area contributed by atoms with Crippen molar-refractivity contribution in [2.24, 2.45) is 0 Å². The minimum Gasteiger partial charge on any atom is -0.493 e. The Kier molecular flexibility index (Phi) is 4.37. The normalized spacial score (nSPS) is 10.3. The van der Waals surface area contributed by atoms with Crippen LogP contribution in [-0.4, -0.2) is 42.6 Å². The Morgan fingerprint density at radius 3 is 2.33 bits per heavy atom. The second-order valence-corrected chi connectivity index (χ2v) is 4.83. The van der Waals surface area contributed by atoms with E-state index in [1.54, 1.807) is 6.07 Å². The van der Waals surface area contributed by atoms with Gasteiger partial charge in [0.1, 0.15) is 5.69 Å². The lowest BCUT2D eigenvalue weighted by Crippen LogP contribution is -1.98. The van der Waals surface area contributed by atoms with Gasteiger partial charge >= 0.3 is 5.97 Å². The number of aromatic carboxylic acids is 1. The van der Waals surface area contributed by atoms with Crippen LogP contribution in [0.15, 0.2) is 16.6 Å². The van der Waals surface area contributed by atoms with E-state index >= 15 is 0 Å². The molecule has 0 aliphatic carbocycles. The Labute approximate surface area is 129 Å². The molecule has 2 aromatic rings. The van der Waals surface area contributed by atoms with Gasteiger partial charge in [-0.2, -0.15) is 5.10 Å². The molecule has 8 heteroatoms. The van der Waals surface area contributed by atoms with Gasteiger partial charge in [-0.1, -0.05) is 0 Å². The monoisotopic (exact) mass is 356 g/mol. The van der Waals surface area contributed by atoms with Crippen LogP contribution in [-0.2, 0) is 0 Å². The number of carboxylic acids is 1. The number of nitrogens with zero attached hydrogens (tertiary/aromatic N) is 1. The number of methoxy groups -OCH3 is 3. The van der Waals surface area contributed by atoms with Crippen molar-refractivity contribution in [3.8, 4) is 28.5 Å². The molecule has 0 bridgehead atoms. The van der Waals surface area contributed by atoms with E-state index in [4.69, 9.17) is 19.3 Å². The summed E-state index contributed by atoms with van der Waals surface area (Å²) in [6, 6.07) is 3.11. The summed E-state index contributed by atoms with van der Waals surface area (Å²) in [5, 5.41) is 15.4. The largest absolute Gasteiger partial charge is 0.493 e. The van der Waals surface area contributed by atoms with Crippen LogP contribution >= 0.6 is 15.9 Å². The van der Waals surface area contributed by atoms with Crippen LogP contribution in [0.1, 0.15) is 10.5 Å². The molecular formula is C13H13BrN2O5. The maximum absolute atomic E-state index is 10.9. The molecule has 21 heavy (non-hydrogen) atoms. The second-order valence-electron chi connectivity index (χ2n) is 3.97. The fourth-order valence-electron chi connectivity index (χ4n) is 1.92. The molecule has 2 N–H and O–H groups in total. The molecule has 0 unspecified atom stereocenters. The van der Waals surface area contributed by atoms with Gasteiger partial charge in [-0.25, -0.2) is 4.79 Å². The number of carboxylic acid groups (broad SMARTS) is 1. The molecule has 0 aliphatic heterocycles. The number of hydrogen-bond donors (Lipinski definition) is 2. The van der Waals surface area contributed by atoms with Crippen LogP contribution in [0, 0.1) is 0 Å². The zero-order valence-electron chi connectivity index (χ0n) is 11.6. The van der Waals surface area contributed by atoms with Gasteiger partial charge in [0.2, 0.25) is 5.75 Å². The van der Waals surface area contributed by atoms with Crippen molar-refractivity contribution in [2.75, 3.05) is 21.3 Å². The quantitative estimate of drug-likeness (QED) is 0.854. The minimum absolute atomic E-state index is 0.0197. The van der Waals surface area contributed by atoms with Crippen LogP contribution in [0.3, 0.4) is 0 Å². The van der Waals surface area contributed by atoms with Gasteiger partial charge in [0.25, 0.3) is 0 Å². The first-order valence-electron chi connectivity index (χ1n) is 5.81. The highest BCUT2D eigenvalue weighted by molar-refractivity contribution is 9.10. The van der Waals surface area contributed by atoms with Gasteiger partial charge < -0.3 is 19.3 Å². The van der Waals surface area contributed by atoms with Crippen LogP contribution in [0.4, 0.5) is 0 Å². The highest BCUT2D eigenvalue weighted by Gasteiger charge is 2.23. The molecular weight excluding hydrogens is 344 g/mol. The van der Waals surface area contributed by atoms with Crippen molar-refractivity contribution in [2.45, 2.75) is 0 Å². The third-order valence-corrected chi connectivity index (χ3v) is 3.47. The van der Waals surface area contributed by atoms with E-state index in [1.165, 1.54) is 27.4 Å². The van der Waals surface area contributed by atoms with Gasteiger partial charge in [-0.3, -0.25) is 5.10 Å². The average molecular weight is 357 g/mol. The third-order valence-electron chi connectivity index (χ3n) is 2.85. The third kappa shape index (κ3) is 2.66. The summed E-state index contributed by atoms with van der Waals surface area (Å²) in [4.78, 5) is 10.9. The molecule has 1 aromatic carbocycles. The van der Waals surface area contributed by atoms with Crippen molar-refractivity contribution in [1.82, 2.24) is 10.2 Å². The SMILES string of the molecule is COc1cc(Br)c(-c2cc(C(=O)O)[nH]n2)c(OC)c1OC. The molecule has 0 fully saturated rings. The van der Waals surface area contributed by atoms with Crippen molar-refractivity contribution in [1.29, 1.82) is 0 Å². The average Bonchev–Trinajstić information content (AvgIpc) is 2.95. The van der Waals surface area contributed by atoms with Crippen molar-refractivity contribution in [3.63, 3.8) is 0 Å². The maximum atomic E-state index is 10.9. The number of ether oxygens (including phenoxy) is 3. The van der Waals surface area contributed by atoms with Crippen molar-refractivity contribution < 1.29 is 24.1 Å². The topological polar surface area (TPSA) is 93.7 Å². The second kappa shape index (κ2) is 6.04. The molecule has 0 saturated heterocycles. The first-order valence-corrected chi connectivity index (χ1v) is 6.60. The Morgan fingerprint density at radius 2 is 1.86 bits per heavy atom. The summed E-state index contributed by atoms with van der Waals surface area (Å²) < 4.78 is 16.6. The molecule has 0 amide bonds. The van der Waals surface area contributed by atoms with E-state index in [2.05, 4.69) is 26.1 Å². The lowest BCUT2D eigenvalue weighted by molar-refractivity contribution is 0.0690. The van der Waals surface area contributed by atoms with Gasteiger partial charge in [0, 0.05) is 4.47 Å². The predicted molar refractivity (Wildman–Crippen MR) is 78.3 cm³/mol. The summed E-state index contributed by atoms with van der Waals surface area (Å²) in [6.07, 6.45) is 0. The van der Waals surface area contributed by atoms with Crippen molar-refractivity contribution >= 4 is 21.9 Å². The van der Waals surface area contributed by atoms with Crippen molar-refractivity contribution in [3.05, 3.63) is 22.3 Å². The fraction of sp³-hybridized carbons (Fsp3) is 0.231. The molecule has 2 rings (SSSR count). The van der Waals surface area contributed by atoms with Crippen LogP contribution < -0.4 is 14.2 Å². The number of H-pyrrole nitrogens is 1. The smallest absolute Gasteiger partial charge is 0.353 e. The fourth-order valence-corrected chi connectivity index (χ4v) is 2.52. The Morgan fingerprint density at radius 1 is 1.19 bits per heavy atom. The summed E-state index contributed by atoms with van der Waals surface area (Å²) in [6.45, 7) is 0. The lowest BCUT2D eigenvalue weighted by Gasteiger charge is -2.16. The number of rotatable bonds is 5. The number of aromatic nitrogens is 2. The summed E-state index contributed by atoms with van der Waals surface area (Å²) >= 11 is 3.41. The van der Waals surface area contributed by atoms with Gasteiger partial charge in [0.05, 0.1) is 32.6 Å². The molecule has 0 radical (unpaired) electrons. The Hall–Kier alpha value is -2.22. The zero-order valence-corrected chi connectivity index (χ0v) is 13.1. The molecule has 1 aromatic heterocycles. The summed E-state index contributed by atoms with van der Waals surface area (Å²) in [5.41, 5.74) is 0.963. The molecule has 112 valence electrons. The number of hydrogen-bond acceptors (Lipinski definition) is 5. The van der Waals surface area contributed by atoms with Gasteiger partial charge in [-0.15, -0.1) is 0 Å². The molecule has 1 heterocycles. The Balaban J connectivity index is 2.69. The van der Waals surface area contributed by atoms with E-state index in [9.17, 15) is 4.79 Å². The molecule has 0 aliphatic rings. The van der Waals surface area contributed by atoms with E-state index in [1.807, 2.05) is 0 Å². The van der Waals surface area contributed by atoms with Crippen LogP contribution in [0.2, 0.25) is 0 Å². The number of aromatic amines is 1. The first kappa shape index (κ1) is 15.2. The van der Waals surface area contributed by atoms with Gasteiger partial charge in [-0.05, 0) is 28.1 Å².